The number of carbonyl (C=O) groups excluding carboxylic acids is 1. The highest BCUT2D eigenvalue weighted by atomic mass is 16.6. The van der Waals surface area contributed by atoms with Gasteiger partial charge < -0.3 is 10.2 Å². The number of nitrogens with one attached hydrogen (secondary N) is 1. The van der Waals surface area contributed by atoms with Gasteiger partial charge in [-0.15, -0.1) is 0 Å². The van der Waals surface area contributed by atoms with Gasteiger partial charge in [0.25, 0.3) is 0 Å². The van der Waals surface area contributed by atoms with Gasteiger partial charge in [-0.3, -0.25) is 14.9 Å². The molecular formula is C12H14N4O3. The van der Waals surface area contributed by atoms with E-state index in [1.54, 1.807) is 26.2 Å². The topological polar surface area (TPSA) is 99.3 Å². The molecule has 1 aromatic carbocycles. The van der Waals surface area contributed by atoms with Crippen molar-refractivity contribution in [1.29, 1.82) is 5.26 Å². The number of anilines is 1. The average molecular weight is 262 g/mol. The van der Waals surface area contributed by atoms with Crippen LogP contribution in [0.3, 0.4) is 0 Å². The summed E-state index contributed by atoms with van der Waals surface area (Å²) in [5, 5.41) is 22.6. The quantitative estimate of drug-likeness (QED) is 0.638. The predicted molar refractivity (Wildman–Crippen MR) is 69.6 cm³/mol. The molecule has 0 saturated heterocycles. The summed E-state index contributed by atoms with van der Waals surface area (Å²) in [5.74, 6) is -0.0772. The summed E-state index contributed by atoms with van der Waals surface area (Å²) in [6, 6.07) is 6.23. The maximum atomic E-state index is 11.4. The number of nitriles is 1. The van der Waals surface area contributed by atoms with E-state index in [0.717, 1.165) is 0 Å². The second kappa shape index (κ2) is 6.35. The van der Waals surface area contributed by atoms with Crippen molar-refractivity contribution in [1.82, 2.24) is 4.90 Å². The molecule has 0 spiro atoms. The lowest BCUT2D eigenvalue weighted by Crippen LogP contribution is -2.24. The smallest absolute Gasteiger partial charge is 0.309 e. The highest BCUT2D eigenvalue weighted by Gasteiger charge is 2.19. The van der Waals surface area contributed by atoms with Crippen molar-refractivity contribution >= 4 is 17.3 Å². The molecule has 100 valence electrons. The first-order valence-corrected chi connectivity index (χ1v) is 5.59. The van der Waals surface area contributed by atoms with Gasteiger partial charge in [0, 0.05) is 27.1 Å². The number of nitro groups is 1. The van der Waals surface area contributed by atoms with Crippen LogP contribution >= 0.6 is 0 Å². The van der Waals surface area contributed by atoms with E-state index in [2.05, 4.69) is 5.32 Å². The Morgan fingerprint density at radius 1 is 1.53 bits per heavy atom. The maximum absolute atomic E-state index is 11.4. The van der Waals surface area contributed by atoms with Crippen LogP contribution < -0.4 is 5.32 Å². The Balaban J connectivity index is 2.82. The number of carbonyl (C=O) groups is 1. The highest BCUT2D eigenvalue weighted by Crippen LogP contribution is 2.27. The fourth-order valence-electron chi connectivity index (χ4n) is 1.50. The number of nitro benzene ring substituents is 1. The molecule has 1 aromatic rings. The first-order chi connectivity index (χ1) is 8.97. The van der Waals surface area contributed by atoms with Crippen LogP contribution in [-0.2, 0) is 4.79 Å². The van der Waals surface area contributed by atoms with Crippen molar-refractivity contribution < 1.29 is 9.72 Å². The molecule has 1 N–H and O–H groups in total. The van der Waals surface area contributed by atoms with Gasteiger partial charge in [-0.05, 0) is 12.1 Å². The van der Waals surface area contributed by atoms with Gasteiger partial charge in [-0.25, -0.2) is 0 Å². The average Bonchev–Trinajstić information content (AvgIpc) is 2.37. The minimum absolute atomic E-state index is 0.00561. The Labute approximate surface area is 110 Å². The molecule has 1 rings (SSSR count). The minimum atomic E-state index is -0.603. The molecule has 0 fully saturated rings. The van der Waals surface area contributed by atoms with E-state index in [9.17, 15) is 14.9 Å². The van der Waals surface area contributed by atoms with E-state index in [0.29, 0.717) is 0 Å². The maximum Gasteiger partial charge on any atom is 0.309 e. The number of para-hydroxylation sites is 1. The van der Waals surface area contributed by atoms with Crippen molar-refractivity contribution in [2.24, 2.45) is 0 Å². The van der Waals surface area contributed by atoms with Crippen LogP contribution in [0.2, 0.25) is 0 Å². The third-order valence-corrected chi connectivity index (χ3v) is 2.49. The molecule has 0 atom stereocenters. The second-order valence-electron chi connectivity index (χ2n) is 4.04. The van der Waals surface area contributed by atoms with Crippen LogP contribution in [-0.4, -0.2) is 36.4 Å². The molecule has 1 amide bonds. The predicted octanol–water partition coefficient (Wildman–Crippen LogP) is 1.36. The zero-order valence-corrected chi connectivity index (χ0v) is 10.7. The van der Waals surface area contributed by atoms with Gasteiger partial charge in [0.1, 0.15) is 17.3 Å². The molecule has 0 aromatic heterocycles. The lowest BCUT2D eigenvalue weighted by Gasteiger charge is -2.11. The summed E-state index contributed by atoms with van der Waals surface area (Å²) in [6.07, 6.45) is 0.223. The SMILES string of the molecule is CN(C)C(=O)CCNc1cccc(C#N)c1[N+](=O)[O-]. The van der Waals surface area contributed by atoms with Crippen molar-refractivity contribution in [2.45, 2.75) is 6.42 Å². The number of rotatable bonds is 5. The molecule has 0 heterocycles. The summed E-state index contributed by atoms with van der Waals surface area (Å²) >= 11 is 0. The standard InChI is InChI=1S/C12H14N4O3/c1-15(2)11(17)6-7-14-10-5-3-4-9(8-13)12(10)16(18)19/h3-5,14H,6-7H2,1-2H3. The number of hydrogen-bond acceptors (Lipinski definition) is 5. The van der Waals surface area contributed by atoms with Crippen molar-refractivity contribution in [3.8, 4) is 6.07 Å². The van der Waals surface area contributed by atoms with E-state index >= 15 is 0 Å². The van der Waals surface area contributed by atoms with Gasteiger partial charge in [0.05, 0.1) is 4.92 Å². The number of hydrogen-bond donors (Lipinski definition) is 1. The molecule has 0 bridgehead atoms. The monoisotopic (exact) mass is 262 g/mol. The number of amides is 1. The largest absolute Gasteiger partial charge is 0.379 e. The van der Waals surface area contributed by atoms with Gasteiger partial charge in [-0.1, -0.05) is 6.07 Å². The normalized spacial score (nSPS) is 9.53. The van der Waals surface area contributed by atoms with Gasteiger partial charge >= 0.3 is 5.69 Å². The van der Waals surface area contributed by atoms with Crippen molar-refractivity contribution in [2.75, 3.05) is 26.0 Å². The molecule has 0 aliphatic carbocycles. The molecule has 0 aliphatic rings. The zero-order chi connectivity index (χ0) is 14.4. The summed E-state index contributed by atoms with van der Waals surface area (Å²) in [5.41, 5.74) is -0.0214. The molecular weight excluding hydrogens is 248 g/mol. The van der Waals surface area contributed by atoms with E-state index in [1.165, 1.54) is 17.0 Å². The fourth-order valence-corrected chi connectivity index (χ4v) is 1.50. The van der Waals surface area contributed by atoms with E-state index < -0.39 is 4.92 Å². The summed E-state index contributed by atoms with van der Waals surface area (Å²) in [6.45, 7) is 0.271. The first kappa shape index (κ1) is 14.4. The molecule has 0 unspecified atom stereocenters. The summed E-state index contributed by atoms with van der Waals surface area (Å²) < 4.78 is 0. The minimum Gasteiger partial charge on any atom is -0.379 e. The van der Waals surface area contributed by atoms with E-state index in [-0.39, 0.29) is 35.8 Å². The van der Waals surface area contributed by atoms with E-state index in [4.69, 9.17) is 5.26 Å². The van der Waals surface area contributed by atoms with Crippen molar-refractivity contribution in [3.63, 3.8) is 0 Å². The van der Waals surface area contributed by atoms with Crippen molar-refractivity contribution in [3.05, 3.63) is 33.9 Å². The Hall–Kier alpha value is -2.62. The van der Waals surface area contributed by atoms with Crippen LogP contribution in [0, 0.1) is 21.4 Å². The molecule has 19 heavy (non-hydrogen) atoms. The summed E-state index contributed by atoms with van der Waals surface area (Å²) in [7, 11) is 3.28. The number of benzene rings is 1. The Morgan fingerprint density at radius 3 is 2.74 bits per heavy atom. The molecule has 7 nitrogen and oxygen atoms in total. The van der Waals surface area contributed by atoms with Gasteiger partial charge in [0.2, 0.25) is 5.91 Å². The molecule has 0 radical (unpaired) electrons. The first-order valence-electron chi connectivity index (χ1n) is 5.59. The van der Waals surface area contributed by atoms with Crippen LogP contribution in [0.15, 0.2) is 18.2 Å². The summed E-state index contributed by atoms with van der Waals surface area (Å²) in [4.78, 5) is 23.2. The zero-order valence-electron chi connectivity index (χ0n) is 10.7. The second-order valence-corrected chi connectivity index (χ2v) is 4.04. The lowest BCUT2D eigenvalue weighted by molar-refractivity contribution is -0.384. The Kier molecular flexibility index (Phi) is 4.83. The Bertz CT molecular complexity index is 534. The van der Waals surface area contributed by atoms with Crippen LogP contribution in [0.25, 0.3) is 0 Å². The molecule has 0 aliphatic heterocycles. The third-order valence-electron chi connectivity index (χ3n) is 2.49. The van der Waals surface area contributed by atoms with Crippen LogP contribution in [0.5, 0.6) is 0 Å². The Morgan fingerprint density at radius 2 is 2.21 bits per heavy atom. The number of nitrogens with zero attached hydrogens (tertiary/aromatic N) is 3. The highest BCUT2D eigenvalue weighted by molar-refractivity contribution is 5.76. The molecule has 0 saturated carbocycles. The fraction of sp³-hybridized carbons (Fsp3) is 0.333. The molecule has 7 heteroatoms. The van der Waals surface area contributed by atoms with Gasteiger partial charge in [0.15, 0.2) is 0 Å². The van der Waals surface area contributed by atoms with Crippen LogP contribution in [0.4, 0.5) is 11.4 Å². The third kappa shape index (κ3) is 3.67. The van der Waals surface area contributed by atoms with E-state index in [1.807, 2.05) is 0 Å². The lowest BCUT2D eigenvalue weighted by atomic mass is 10.1. The van der Waals surface area contributed by atoms with Gasteiger partial charge in [-0.2, -0.15) is 5.26 Å². The van der Waals surface area contributed by atoms with Crippen LogP contribution in [0.1, 0.15) is 12.0 Å².